The molecule has 0 saturated carbocycles. The van der Waals surface area contributed by atoms with Crippen LogP contribution in [0, 0.1) is 0 Å². The average Bonchev–Trinajstić information content (AvgIpc) is 2.76. The number of imidazole rings is 1. The van der Waals surface area contributed by atoms with Gasteiger partial charge in [-0.05, 0) is 26.0 Å². The van der Waals surface area contributed by atoms with E-state index in [1.807, 2.05) is 34.9 Å². The minimum atomic E-state index is -3.14. The van der Waals surface area contributed by atoms with Crippen molar-refractivity contribution in [1.82, 2.24) is 9.55 Å². The largest absolute Gasteiger partial charge is 0.326 e. The average molecular weight is 293 g/mol. The molecule has 5 nitrogen and oxygen atoms in total. The first-order chi connectivity index (χ1) is 9.29. The smallest absolute Gasteiger partial charge is 0.207 e. The molecule has 2 rings (SSSR count). The molecule has 0 amide bonds. The van der Waals surface area contributed by atoms with Gasteiger partial charge in [0.15, 0.2) is 9.84 Å². The number of rotatable bonds is 5. The van der Waals surface area contributed by atoms with Gasteiger partial charge in [0.25, 0.3) is 0 Å². The van der Waals surface area contributed by atoms with E-state index >= 15 is 0 Å². The van der Waals surface area contributed by atoms with E-state index in [1.54, 1.807) is 26.2 Å². The van der Waals surface area contributed by atoms with E-state index in [9.17, 15) is 8.42 Å². The van der Waals surface area contributed by atoms with Crippen molar-refractivity contribution in [3.63, 3.8) is 0 Å². The topological polar surface area (TPSA) is 64.0 Å². The Hall–Kier alpha value is -1.82. The first kappa shape index (κ1) is 14.6. The predicted molar refractivity (Wildman–Crippen MR) is 80.9 cm³/mol. The number of anilines is 2. The standard InChI is InChI=1S/C14H19N3O2S/c1-14(2,20(3,18)19)11-17-10-9-15-13(17)16-12-7-5-4-6-8-12/h4-10H,11H2,1-3H3,(H,15,16). The van der Waals surface area contributed by atoms with E-state index in [0.717, 1.165) is 5.69 Å². The quantitative estimate of drug-likeness (QED) is 0.919. The van der Waals surface area contributed by atoms with Gasteiger partial charge in [0, 0.05) is 30.9 Å². The molecule has 0 saturated heterocycles. The van der Waals surface area contributed by atoms with E-state index in [-0.39, 0.29) is 0 Å². The number of nitrogens with one attached hydrogen (secondary N) is 1. The van der Waals surface area contributed by atoms with Crippen LogP contribution in [0.1, 0.15) is 13.8 Å². The number of benzene rings is 1. The van der Waals surface area contributed by atoms with Crippen molar-refractivity contribution >= 4 is 21.5 Å². The Kier molecular flexibility index (Phi) is 3.85. The second kappa shape index (κ2) is 5.28. The third-order valence-electron chi connectivity index (χ3n) is 3.30. The van der Waals surface area contributed by atoms with Crippen LogP contribution in [0.4, 0.5) is 11.6 Å². The molecule has 0 bridgehead atoms. The minimum absolute atomic E-state index is 0.348. The summed E-state index contributed by atoms with van der Waals surface area (Å²) in [4.78, 5) is 4.23. The highest BCUT2D eigenvalue weighted by Crippen LogP contribution is 2.21. The maximum absolute atomic E-state index is 11.8. The monoisotopic (exact) mass is 293 g/mol. The first-order valence-corrected chi connectivity index (χ1v) is 8.21. The van der Waals surface area contributed by atoms with E-state index < -0.39 is 14.6 Å². The third-order valence-corrected chi connectivity index (χ3v) is 5.44. The third kappa shape index (κ3) is 3.19. The molecule has 1 heterocycles. The van der Waals surface area contributed by atoms with Gasteiger partial charge in [-0.1, -0.05) is 18.2 Å². The maximum atomic E-state index is 11.8. The lowest BCUT2D eigenvalue weighted by atomic mass is 10.2. The van der Waals surface area contributed by atoms with Gasteiger partial charge in [-0.15, -0.1) is 0 Å². The molecule has 6 heteroatoms. The molecule has 2 aromatic rings. The van der Waals surface area contributed by atoms with Gasteiger partial charge in [0.2, 0.25) is 5.95 Å². The van der Waals surface area contributed by atoms with Crippen molar-refractivity contribution in [2.24, 2.45) is 0 Å². The molecular formula is C14H19N3O2S. The second-order valence-corrected chi connectivity index (χ2v) is 8.05. The Labute approximate surface area is 119 Å². The molecule has 0 radical (unpaired) electrons. The minimum Gasteiger partial charge on any atom is -0.326 e. The van der Waals surface area contributed by atoms with Crippen LogP contribution in [0.2, 0.25) is 0 Å². The molecule has 108 valence electrons. The van der Waals surface area contributed by atoms with Gasteiger partial charge in [-0.25, -0.2) is 13.4 Å². The highest BCUT2D eigenvalue weighted by molar-refractivity contribution is 7.92. The van der Waals surface area contributed by atoms with Crippen LogP contribution < -0.4 is 5.32 Å². The summed E-state index contributed by atoms with van der Waals surface area (Å²) in [6, 6.07) is 9.65. The van der Waals surface area contributed by atoms with Crippen molar-refractivity contribution in [1.29, 1.82) is 0 Å². The lowest BCUT2D eigenvalue weighted by molar-refractivity contribution is 0.505. The summed E-state index contributed by atoms with van der Waals surface area (Å²) in [5, 5.41) is 3.18. The van der Waals surface area contributed by atoms with Crippen LogP contribution in [-0.2, 0) is 16.4 Å². The molecule has 0 fully saturated rings. The number of aromatic nitrogens is 2. The van der Waals surface area contributed by atoms with Crippen molar-refractivity contribution < 1.29 is 8.42 Å². The van der Waals surface area contributed by atoms with E-state index in [4.69, 9.17) is 0 Å². The molecule has 0 aliphatic rings. The van der Waals surface area contributed by atoms with E-state index in [2.05, 4.69) is 10.3 Å². The van der Waals surface area contributed by atoms with Crippen LogP contribution in [0.3, 0.4) is 0 Å². The highest BCUT2D eigenvalue weighted by Gasteiger charge is 2.31. The Bertz CT molecular complexity index is 675. The Morgan fingerprint density at radius 2 is 1.90 bits per heavy atom. The van der Waals surface area contributed by atoms with E-state index in [0.29, 0.717) is 12.5 Å². The molecule has 0 spiro atoms. The van der Waals surface area contributed by atoms with Crippen LogP contribution in [0.15, 0.2) is 42.7 Å². The van der Waals surface area contributed by atoms with Crippen LogP contribution in [0.25, 0.3) is 0 Å². The number of para-hydroxylation sites is 1. The summed E-state index contributed by atoms with van der Waals surface area (Å²) < 4.78 is 24.6. The van der Waals surface area contributed by atoms with Gasteiger partial charge in [-0.3, -0.25) is 0 Å². The fourth-order valence-electron chi connectivity index (χ4n) is 1.74. The maximum Gasteiger partial charge on any atom is 0.207 e. The Balaban J connectivity index is 2.22. The Morgan fingerprint density at radius 3 is 2.50 bits per heavy atom. The molecule has 20 heavy (non-hydrogen) atoms. The number of nitrogens with zero attached hydrogens (tertiary/aromatic N) is 2. The summed E-state index contributed by atoms with van der Waals surface area (Å²) in [6.07, 6.45) is 4.69. The molecule has 0 aliphatic carbocycles. The summed E-state index contributed by atoms with van der Waals surface area (Å²) in [6.45, 7) is 3.78. The molecular weight excluding hydrogens is 274 g/mol. The summed E-state index contributed by atoms with van der Waals surface area (Å²) in [5.41, 5.74) is 0.914. The summed E-state index contributed by atoms with van der Waals surface area (Å²) >= 11 is 0. The highest BCUT2D eigenvalue weighted by atomic mass is 32.2. The van der Waals surface area contributed by atoms with Gasteiger partial charge in [0.1, 0.15) is 0 Å². The van der Waals surface area contributed by atoms with Crippen molar-refractivity contribution in [2.45, 2.75) is 25.1 Å². The zero-order valence-corrected chi connectivity index (χ0v) is 12.7. The number of sulfone groups is 1. The molecule has 0 aliphatic heterocycles. The fraction of sp³-hybridized carbons (Fsp3) is 0.357. The number of hydrogen-bond donors (Lipinski definition) is 1. The van der Waals surface area contributed by atoms with Crippen LogP contribution in [-0.4, -0.2) is 29.0 Å². The van der Waals surface area contributed by atoms with Crippen LogP contribution >= 0.6 is 0 Å². The van der Waals surface area contributed by atoms with Gasteiger partial charge >= 0.3 is 0 Å². The predicted octanol–water partition coefficient (Wildman–Crippen LogP) is 2.45. The first-order valence-electron chi connectivity index (χ1n) is 6.32. The SMILES string of the molecule is CC(C)(Cn1ccnc1Nc1ccccc1)S(C)(=O)=O. The fourth-order valence-corrected chi connectivity index (χ4v) is 2.11. The van der Waals surface area contributed by atoms with Gasteiger partial charge in [-0.2, -0.15) is 0 Å². The molecule has 1 aromatic carbocycles. The summed E-state index contributed by atoms with van der Waals surface area (Å²) in [7, 11) is -3.14. The van der Waals surface area contributed by atoms with Gasteiger partial charge in [0.05, 0.1) is 4.75 Å². The lowest BCUT2D eigenvalue weighted by Crippen LogP contribution is -2.35. The van der Waals surface area contributed by atoms with Crippen LogP contribution in [0.5, 0.6) is 0 Å². The Morgan fingerprint density at radius 1 is 1.25 bits per heavy atom. The zero-order chi connectivity index (χ0) is 14.8. The number of hydrogen-bond acceptors (Lipinski definition) is 4. The molecule has 0 unspecified atom stereocenters. The van der Waals surface area contributed by atoms with E-state index in [1.165, 1.54) is 6.26 Å². The molecule has 1 N–H and O–H groups in total. The van der Waals surface area contributed by atoms with Gasteiger partial charge < -0.3 is 9.88 Å². The zero-order valence-electron chi connectivity index (χ0n) is 11.9. The van der Waals surface area contributed by atoms with Crippen molar-refractivity contribution in [3.05, 3.63) is 42.7 Å². The lowest BCUT2D eigenvalue weighted by Gasteiger charge is -2.24. The molecule has 1 aromatic heterocycles. The second-order valence-electron chi connectivity index (χ2n) is 5.40. The normalized spacial score (nSPS) is 12.3. The van der Waals surface area contributed by atoms with Crippen molar-refractivity contribution in [2.75, 3.05) is 11.6 Å². The summed E-state index contributed by atoms with van der Waals surface area (Å²) in [5.74, 6) is 0.632. The van der Waals surface area contributed by atoms with Crippen molar-refractivity contribution in [3.8, 4) is 0 Å². The molecule has 0 atom stereocenters.